The molecule has 2 amide bonds. The van der Waals surface area contributed by atoms with Gasteiger partial charge in [-0.05, 0) is 31.9 Å². The maximum Gasteiger partial charge on any atom is 0.309 e. The SMILES string of the molecule is C[C@H](OC(=O)C1CCN(C(=O)C(C)(C)C)CC1)C(=O)Nc1ccc(F)c(F)c1. The van der Waals surface area contributed by atoms with Crippen molar-refractivity contribution in [1.82, 2.24) is 4.90 Å². The number of carbonyl (C=O) groups excluding carboxylic acids is 3. The Morgan fingerprint density at radius 3 is 2.29 bits per heavy atom. The van der Waals surface area contributed by atoms with Gasteiger partial charge in [-0.15, -0.1) is 0 Å². The molecule has 1 aromatic carbocycles. The van der Waals surface area contributed by atoms with Crippen LogP contribution >= 0.6 is 0 Å². The molecular weight excluding hydrogens is 370 g/mol. The van der Waals surface area contributed by atoms with E-state index in [0.717, 1.165) is 12.1 Å². The molecule has 0 spiro atoms. The maximum absolute atomic E-state index is 13.2. The van der Waals surface area contributed by atoms with Crippen LogP contribution < -0.4 is 5.32 Å². The molecule has 0 unspecified atom stereocenters. The Hall–Kier alpha value is -2.51. The third kappa shape index (κ3) is 5.50. The minimum Gasteiger partial charge on any atom is -0.452 e. The van der Waals surface area contributed by atoms with Gasteiger partial charge < -0.3 is 15.0 Å². The van der Waals surface area contributed by atoms with E-state index in [2.05, 4.69) is 5.32 Å². The predicted molar refractivity (Wildman–Crippen MR) is 99.3 cm³/mol. The molecule has 1 heterocycles. The first-order chi connectivity index (χ1) is 13.0. The summed E-state index contributed by atoms with van der Waals surface area (Å²) in [6.45, 7) is 7.89. The zero-order chi connectivity index (χ0) is 21.1. The molecule has 1 atom stereocenters. The fraction of sp³-hybridized carbons (Fsp3) is 0.550. The number of rotatable bonds is 4. The number of amides is 2. The van der Waals surface area contributed by atoms with Crippen LogP contribution in [0.15, 0.2) is 18.2 Å². The third-order valence-electron chi connectivity index (χ3n) is 4.61. The lowest BCUT2D eigenvalue weighted by Gasteiger charge is -2.35. The Balaban J connectivity index is 1.84. The highest BCUT2D eigenvalue weighted by atomic mass is 19.2. The van der Waals surface area contributed by atoms with Crippen molar-refractivity contribution >= 4 is 23.5 Å². The number of anilines is 1. The lowest BCUT2D eigenvalue weighted by atomic mass is 9.91. The minimum absolute atomic E-state index is 0.0404. The zero-order valence-corrected chi connectivity index (χ0v) is 16.6. The standard InChI is InChI=1S/C20H26F2N2O4/c1-12(17(25)23-14-5-6-15(21)16(22)11-14)28-18(26)13-7-9-24(10-8-13)19(27)20(2,3)4/h5-6,11-13H,7-10H2,1-4H3,(H,23,25)/t12-/m0/s1. The molecule has 1 aliphatic heterocycles. The predicted octanol–water partition coefficient (Wildman–Crippen LogP) is 3.12. The molecule has 0 aliphatic carbocycles. The number of esters is 1. The number of hydrogen-bond acceptors (Lipinski definition) is 4. The first-order valence-electron chi connectivity index (χ1n) is 9.25. The molecule has 28 heavy (non-hydrogen) atoms. The van der Waals surface area contributed by atoms with Crippen LogP contribution in [0.25, 0.3) is 0 Å². The number of carbonyl (C=O) groups is 3. The molecule has 1 fully saturated rings. The molecule has 154 valence electrons. The molecule has 0 aromatic heterocycles. The second-order valence-electron chi connectivity index (χ2n) is 8.01. The lowest BCUT2D eigenvalue weighted by Crippen LogP contribution is -2.45. The summed E-state index contributed by atoms with van der Waals surface area (Å²) in [7, 11) is 0. The Bertz CT molecular complexity index is 753. The molecule has 8 heteroatoms. The Morgan fingerprint density at radius 1 is 1.14 bits per heavy atom. The normalized spacial score (nSPS) is 16.4. The Labute approximate surface area is 163 Å². The fourth-order valence-corrected chi connectivity index (χ4v) is 2.93. The lowest BCUT2D eigenvalue weighted by molar-refractivity contribution is -0.160. The summed E-state index contributed by atoms with van der Waals surface area (Å²) in [6.07, 6.45) is -0.147. The number of likely N-dealkylation sites (tertiary alicyclic amines) is 1. The molecule has 6 nitrogen and oxygen atoms in total. The Kier molecular flexibility index (Phi) is 6.74. The summed E-state index contributed by atoms with van der Waals surface area (Å²) < 4.78 is 31.4. The van der Waals surface area contributed by atoms with Gasteiger partial charge in [0.05, 0.1) is 5.92 Å². The second-order valence-corrected chi connectivity index (χ2v) is 8.01. The number of nitrogens with one attached hydrogen (secondary N) is 1. The van der Waals surface area contributed by atoms with E-state index in [9.17, 15) is 23.2 Å². The maximum atomic E-state index is 13.2. The van der Waals surface area contributed by atoms with Crippen LogP contribution in [-0.4, -0.2) is 41.9 Å². The van der Waals surface area contributed by atoms with E-state index in [4.69, 9.17) is 4.74 Å². The van der Waals surface area contributed by atoms with Gasteiger partial charge in [-0.3, -0.25) is 14.4 Å². The molecule has 0 bridgehead atoms. The smallest absolute Gasteiger partial charge is 0.309 e. The topological polar surface area (TPSA) is 75.7 Å². The summed E-state index contributed by atoms with van der Waals surface area (Å²) in [5.74, 6) is -3.59. The van der Waals surface area contributed by atoms with Crippen molar-refractivity contribution in [1.29, 1.82) is 0 Å². The van der Waals surface area contributed by atoms with Gasteiger partial charge in [-0.25, -0.2) is 8.78 Å². The van der Waals surface area contributed by atoms with Crippen LogP contribution in [0.4, 0.5) is 14.5 Å². The second kappa shape index (κ2) is 8.67. The summed E-state index contributed by atoms with van der Waals surface area (Å²) in [6, 6.07) is 2.96. The van der Waals surface area contributed by atoms with Crippen molar-refractivity contribution in [3.63, 3.8) is 0 Å². The first kappa shape index (κ1) is 21.8. The average Bonchev–Trinajstić information content (AvgIpc) is 2.63. The van der Waals surface area contributed by atoms with Crippen molar-refractivity contribution in [2.24, 2.45) is 11.3 Å². The van der Waals surface area contributed by atoms with E-state index >= 15 is 0 Å². The summed E-state index contributed by atoms with van der Waals surface area (Å²) in [5, 5.41) is 2.38. The Morgan fingerprint density at radius 2 is 1.75 bits per heavy atom. The van der Waals surface area contributed by atoms with Gasteiger partial charge in [0.15, 0.2) is 17.7 Å². The summed E-state index contributed by atoms with van der Waals surface area (Å²) in [4.78, 5) is 38.5. The zero-order valence-electron chi connectivity index (χ0n) is 16.6. The van der Waals surface area contributed by atoms with Gasteiger partial charge in [0.25, 0.3) is 5.91 Å². The van der Waals surface area contributed by atoms with Crippen LogP contribution in [0.3, 0.4) is 0 Å². The van der Waals surface area contributed by atoms with Crippen LogP contribution in [0.2, 0.25) is 0 Å². The van der Waals surface area contributed by atoms with E-state index in [1.165, 1.54) is 13.0 Å². The molecule has 1 aliphatic rings. The van der Waals surface area contributed by atoms with E-state index in [1.54, 1.807) is 4.90 Å². The third-order valence-corrected chi connectivity index (χ3v) is 4.61. The molecule has 0 saturated carbocycles. The summed E-state index contributed by atoms with van der Waals surface area (Å²) >= 11 is 0. The monoisotopic (exact) mass is 396 g/mol. The highest BCUT2D eigenvalue weighted by molar-refractivity contribution is 5.95. The van der Waals surface area contributed by atoms with Gasteiger partial charge in [0.2, 0.25) is 5.91 Å². The quantitative estimate of drug-likeness (QED) is 0.794. The molecule has 1 aromatic rings. The number of hydrogen-bond donors (Lipinski definition) is 1. The van der Waals surface area contributed by atoms with Gasteiger partial charge in [0.1, 0.15) is 0 Å². The number of benzene rings is 1. The first-order valence-corrected chi connectivity index (χ1v) is 9.25. The average molecular weight is 396 g/mol. The number of nitrogens with zero attached hydrogens (tertiary/aromatic N) is 1. The molecule has 1 saturated heterocycles. The van der Waals surface area contributed by atoms with Crippen LogP contribution in [0, 0.1) is 23.0 Å². The highest BCUT2D eigenvalue weighted by Crippen LogP contribution is 2.24. The van der Waals surface area contributed by atoms with Crippen molar-refractivity contribution in [2.45, 2.75) is 46.6 Å². The number of halogens is 2. The molecule has 0 radical (unpaired) electrons. The fourth-order valence-electron chi connectivity index (χ4n) is 2.93. The van der Waals surface area contributed by atoms with E-state index < -0.39 is 35.0 Å². The van der Waals surface area contributed by atoms with Gasteiger partial charge in [-0.2, -0.15) is 0 Å². The minimum atomic E-state index is -1.09. The largest absolute Gasteiger partial charge is 0.452 e. The van der Waals surface area contributed by atoms with Crippen LogP contribution in [-0.2, 0) is 19.1 Å². The van der Waals surface area contributed by atoms with Gasteiger partial charge >= 0.3 is 5.97 Å². The number of piperidine rings is 1. The van der Waals surface area contributed by atoms with Crippen molar-refractivity contribution < 1.29 is 27.9 Å². The summed E-state index contributed by atoms with van der Waals surface area (Å²) in [5.41, 5.74) is -0.402. The molecule has 1 N–H and O–H groups in total. The van der Waals surface area contributed by atoms with Crippen molar-refractivity contribution in [3.05, 3.63) is 29.8 Å². The van der Waals surface area contributed by atoms with Crippen LogP contribution in [0.1, 0.15) is 40.5 Å². The molecular formula is C20H26F2N2O4. The van der Waals surface area contributed by atoms with E-state index in [1.807, 2.05) is 20.8 Å². The van der Waals surface area contributed by atoms with E-state index in [0.29, 0.717) is 25.9 Å². The molecule has 2 rings (SSSR count). The van der Waals surface area contributed by atoms with E-state index in [-0.39, 0.29) is 17.5 Å². The van der Waals surface area contributed by atoms with Crippen molar-refractivity contribution in [3.8, 4) is 0 Å². The van der Waals surface area contributed by atoms with Crippen molar-refractivity contribution in [2.75, 3.05) is 18.4 Å². The number of ether oxygens (including phenoxy) is 1. The van der Waals surface area contributed by atoms with Crippen LogP contribution in [0.5, 0.6) is 0 Å². The van der Waals surface area contributed by atoms with Gasteiger partial charge in [0, 0.05) is 30.3 Å². The highest BCUT2D eigenvalue weighted by Gasteiger charge is 2.33. The van der Waals surface area contributed by atoms with Gasteiger partial charge in [-0.1, -0.05) is 20.8 Å².